The van der Waals surface area contributed by atoms with Gasteiger partial charge in [-0.05, 0) is 11.6 Å². The molecule has 8 heteroatoms. The molecule has 0 spiro atoms. The normalized spacial score (nSPS) is 11.2. The molecule has 0 aliphatic rings. The number of hydrazine groups is 1. The average molecular weight is 283 g/mol. The standard InChI is InChI=1S/C12H12F3N5/c13-12(14,15)9-4-2-1-3-8(9)5-18-10-6-17-7-11(19-10)20-16/h1-4,6-7H,5,16H2,(H2,18,19,20). The third-order valence-electron chi connectivity index (χ3n) is 2.57. The number of alkyl halides is 3. The minimum Gasteiger partial charge on any atom is -0.365 e. The van der Waals surface area contributed by atoms with E-state index in [0.29, 0.717) is 11.6 Å². The molecule has 1 aromatic heterocycles. The number of benzene rings is 1. The van der Waals surface area contributed by atoms with Gasteiger partial charge in [-0.1, -0.05) is 18.2 Å². The van der Waals surface area contributed by atoms with Crippen LogP contribution in [0, 0.1) is 0 Å². The fraction of sp³-hybridized carbons (Fsp3) is 0.167. The smallest absolute Gasteiger partial charge is 0.365 e. The van der Waals surface area contributed by atoms with Crippen LogP contribution in [0.1, 0.15) is 11.1 Å². The fourth-order valence-corrected chi connectivity index (χ4v) is 1.66. The molecule has 0 saturated carbocycles. The summed E-state index contributed by atoms with van der Waals surface area (Å²) in [6.45, 7) is -0.0155. The van der Waals surface area contributed by atoms with E-state index < -0.39 is 11.7 Å². The van der Waals surface area contributed by atoms with Crippen LogP contribution in [0.5, 0.6) is 0 Å². The molecule has 0 bridgehead atoms. The fourth-order valence-electron chi connectivity index (χ4n) is 1.66. The van der Waals surface area contributed by atoms with Crippen LogP contribution in [0.2, 0.25) is 0 Å². The van der Waals surface area contributed by atoms with Crippen LogP contribution >= 0.6 is 0 Å². The summed E-state index contributed by atoms with van der Waals surface area (Å²) in [7, 11) is 0. The quantitative estimate of drug-likeness (QED) is 0.593. The van der Waals surface area contributed by atoms with Gasteiger partial charge < -0.3 is 10.7 Å². The highest BCUT2D eigenvalue weighted by Crippen LogP contribution is 2.32. The van der Waals surface area contributed by atoms with Crippen molar-refractivity contribution < 1.29 is 13.2 Å². The number of nitrogens with two attached hydrogens (primary N) is 1. The first-order valence-corrected chi connectivity index (χ1v) is 5.68. The second-order valence-electron chi connectivity index (χ2n) is 3.94. The molecule has 4 N–H and O–H groups in total. The van der Waals surface area contributed by atoms with Crippen LogP contribution in [0.15, 0.2) is 36.7 Å². The molecular formula is C12H12F3N5. The van der Waals surface area contributed by atoms with E-state index in [2.05, 4.69) is 20.7 Å². The first-order chi connectivity index (χ1) is 9.50. The maximum Gasteiger partial charge on any atom is 0.416 e. The highest BCUT2D eigenvalue weighted by molar-refractivity contribution is 5.42. The third-order valence-corrected chi connectivity index (χ3v) is 2.57. The van der Waals surface area contributed by atoms with Gasteiger partial charge in [0, 0.05) is 6.54 Å². The topological polar surface area (TPSA) is 75.9 Å². The Balaban J connectivity index is 2.15. The molecule has 0 amide bonds. The van der Waals surface area contributed by atoms with Gasteiger partial charge in [-0.15, -0.1) is 0 Å². The lowest BCUT2D eigenvalue weighted by atomic mass is 10.1. The van der Waals surface area contributed by atoms with Crippen LogP contribution in [0.25, 0.3) is 0 Å². The number of halogens is 3. The van der Waals surface area contributed by atoms with E-state index in [1.165, 1.54) is 24.5 Å². The Morgan fingerprint density at radius 3 is 2.50 bits per heavy atom. The first-order valence-electron chi connectivity index (χ1n) is 5.68. The van der Waals surface area contributed by atoms with Crippen molar-refractivity contribution in [1.29, 1.82) is 0 Å². The molecule has 106 valence electrons. The summed E-state index contributed by atoms with van der Waals surface area (Å²) in [5, 5.41) is 2.78. The van der Waals surface area contributed by atoms with Gasteiger partial charge in [-0.2, -0.15) is 13.2 Å². The zero-order valence-corrected chi connectivity index (χ0v) is 10.3. The Labute approximate surface area is 113 Å². The van der Waals surface area contributed by atoms with Crippen molar-refractivity contribution in [3.63, 3.8) is 0 Å². The molecule has 1 heterocycles. The zero-order chi connectivity index (χ0) is 14.6. The van der Waals surface area contributed by atoms with E-state index in [1.807, 2.05) is 0 Å². The molecule has 0 fully saturated rings. The second-order valence-corrected chi connectivity index (χ2v) is 3.94. The average Bonchev–Trinajstić information content (AvgIpc) is 2.44. The predicted octanol–water partition coefficient (Wildman–Crippen LogP) is 2.39. The molecule has 5 nitrogen and oxygen atoms in total. The number of nitrogens with zero attached hydrogens (tertiary/aromatic N) is 2. The number of hydrogen-bond acceptors (Lipinski definition) is 5. The van der Waals surface area contributed by atoms with Gasteiger partial charge in [0.15, 0.2) is 5.82 Å². The minimum absolute atomic E-state index is 0.0155. The van der Waals surface area contributed by atoms with E-state index in [4.69, 9.17) is 5.84 Å². The number of hydrogen-bond donors (Lipinski definition) is 3. The SMILES string of the molecule is NNc1cncc(NCc2ccccc2C(F)(F)F)n1. The van der Waals surface area contributed by atoms with Gasteiger partial charge in [0.2, 0.25) is 0 Å². The molecule has 0 unspecified atom stereocenters. The van der Waals surface area contributed by atoms with Crippen LogP contribution in [0.4, 0.5) is 24.8 Å². The molecule has 2 rings (SSSR count). The summed E-state index contributed by atoms with van der Waals surface area (Å²) in [4.78, 5) is 7.86. The van der Waals surface area contributed by atoms with Gasteiger partial charge >= 0.3 is 6.18 Å². The number of aromatic nitrogens is 2. The van der Waals surface area contributed by atoms with Crippen molar-refractivity contribution in [2.24, 2.45) is 5.84 Å². The largest absolute Gasteiger partial charge is 0.416 e. The molecule has 0 aliphatic heterocycles. The molecule has 0 radical (unpaired) electrons. The summed E-state index contributed by atoms with van der Waals surface area (Å²) in [6, 6.07) is 5.36. The summed E-state index contributed by atoms with van der Waals surface area (Å²) < 4.78 is 38.4. The number of nitrogen functional groups attached to an aromatic ring is 1. The van der Waals surface area contributed by atoms with Crippen LogP contribution < -0.4 is 16.6 Å². The minimum atomic E-state index is -4.38. The van der Waals surface area contributed by atoms with Gasteiger partial charge in [0.1, 0.15) is 5.82 Å². The summed E-state index contributed by atoms with van der Waals surface area (Å²) in [6.07, 6.45) is -1.59. The third kappa shape index (κ3) is 3.35. The molecule has 1 aromatic carbocycles. The molecule has 0 atom stereocenters. The molecule has 2 aromatic rings. The Kier molecular flexibility index (Phi) is 4.04. The van der Waals surface area contributed by atoms with Gasteiger partial charge in [-0.3, -0.25) is 4.98 Å². The molecule has 0 aliphatic carbocycles. The Bertz CT molecular complexity index is 585. The lowest BCUT2D eigenvalue weighted by Gasteiger charge is -2.13. The second kappa shape index (κ2) is 5.74. The van der Waals surface area contributed by atoms with Gasteiger partial charge in [-0.25, -0.2) is 10.8 Å². The zero-order valence-electron chi connectivity index (χ0n) is 10.3. The van der Waals surface area contributed by atoms with E-state index in [0.717, 1.165) is 6.07 Å². The van der Waals surface area contributed by atoms with Crippen molar-refractivity contribution in [3.8, 4) is 0 Å². The lowest BCUT2D eigenvalue weighted by molar-refractivity contribution is -0.138. The summed E-state index contributed by atoms with van der Waals surface area (Å²) in [5.41, 5.74) is 1.77. The lowest BCUT2D eigenvalue weighted by Crippen LogP contribution is -2.13. The van der Waals surface area contributed by atoms with Gasteiger partial charge in [0.25, 0.3) is 0 Å². The highest BCUT2D eigenvalue weighted by atomic mass is 19.4. The van der Waals surface area contributed by atoms with E-state index in [9.17, 15) is 13.2 Å². The molecule has 20 heavy (non-hydrogen) atoms. The summed E-state index contributed by atoms with van der Waals surface area (Å²) in [5.74, 6) is 5.83. The first kappa shape index (κ1) is 14.1. The maximum atomic E-state index is 12.8. The highest BCUT2D eigenvalue weighted by Gasteiger charge is 2.32. The van der Waals surface area contributed by atoms with Gasteiger partial charge in [0.05, 0.1) is 18.0 Å². The number of rotatable bonds is 4. The maximum absolute atomic E-state index is 12.8. The number of anilines is 2. The van der Waals surface area contributed by atoms with Crippen molar-refractivity contribution in [2.75, 3.05) is 10.7 Å². The Hall–Kier alpha value is -2.35. The van der Waals surface area contributed by atoms with Crippen LogP contribution in [-0.2, 0) is 12.7 Å². The summed E-state index contributed by atoms with van der Waals surface area (Å²) >= 11 is 0. The van der Waals surface area contributed by atoms with E-state index >= 15 is 0 Å². The Morgan fingerprint density at radius 1 is 1.10 bits per heavy atom. The number of nitrogens with one attached hydrogen (secondary N) is 2. The van der Waals surface area contributed by atoms with Crippen molar-refractivity contribution >= 4 is 11.6 Å². The van der Waals surface area contributed by atoms with E-state index in [1.54, 1.807) is 6.07 Å². The predicted molar refractivity (Wildman–Crippen MR) is 68.6 cm³/mol. The van der Waals surface area contributed by atoms with E-state index in [-0.39, 0.29) is 12.1 Å². The van der Waals surface area contributed by atoms with Crippen molar-refractivity contribution in [3.05, 3.63) is 47.8 Å². The molecular weight excluding hydrogens is 271 g/mol. The van der Waals surface area contributed by atoms with Crippen molar-refractivity contribution in [2.45, 2.75) is 12.7 Å². The monoisotopic (exact) mass is 283 g/mol. The van der Waals surface area contributed by atoms with Crippen molar-refractivity contribution in [1.82, 2.24) is 9.97 Å². The Morgan fingerprint density at radius 2 is 1.80 bits per heavy atom. The molecule has 0 saturated heterocycles. The van der Waals surface area contributed by atoms with Crippen LogP contribution in [0.3, 0.4) is 0 Å². The van der Waals surface area contributed by atoms with Crippen LogP contribution in [-0.4, -0.2) is 9.97 Å².